The Morgan fingerprint density at radius 2 is 2.12 bits per heavy atom. The largest absolute Gasteiger partial charge is 0.482 e. The van der Waals surface area contributed by atoms with Crippen molar-refractivity contribution in [2.24, 2.45) is 0 Å². The van der Waals surface area contributed by atoms with E-state index in [0.29, 0.717) is 31.1 Å². The van der Waals surface area contributed by atoms with Gasteiger partial charge >= 0.3 is 0 Å². The van der Waals surface area contributed by atoms with Crippen molar-refractivity contribution in [1.29, 1.82) is 0 Å². The maximum absolute atomic E-state index is 13.1. The van der Waals surface area contributed by atoms with Gasteiger partial charge in [-0.05, 0) is 60.6 Å². The van der Waals surface area contributed by atoms with Gasteiger partial charge < -0.3 is 34.6 Å². The van der Waals surface area contributed by atoms with Gasteiger partial charge in [0.1, 0.15) is 24.6 Å². The minimum absolute atomic E-state index is 0.106. The average Bonchev–Trinajstić information content (AvgIpc) is 3.35. The summed E-state index contributed by atoms with van der Waals surface area (Å²) in [5, 5.41) is 23.1. The van der Waals surface area contributed by atoms with Crippen molar-refractivity contribution >= 4 is 34.4 Å². The van der Waals surface area contributed by atoms with Crippen molar-refractivity contribution in [3.05, 3.63) is 39.5 Å². The fraction of sp³-hybridized carbons (Fsp3) is 0.583. The third-order valence-electron chi connectivity index (χ3n) is 5.89. The van der Waals surface area contributed by atoms with Crippen molar-refractivity contribution in [2.75, 3.05) is 39.5 Å². The number of aliphatic hydroxyl groups is 2. The van der Waals surface area contributed by atoms with E-state index in [0.717, 1.165) is 16.4 Å². The molecule has 0 radical (unpaired) electrons. The molecule has 4 atom stereocenters. The molecule has 2 aliphatic rings. The smallest absolute Gasteiger partial charge is 0.249 e. The Morgan fingerprint density at radius 1 is 1.32 bits per heavy atom. The molecular formula is C24H33IN2O7. The van der Waals surface area contributed by atoms with Crippen LogP contribution < -0.4 is 10.1 Å². The summed E-state index contributed by atoms with van der Waals surface area (Å²) < 4.78 is 18.1. The molecule has 0 aromatic heterocycles. The summed E-state index contributed by atoms with van der Waals surface area (Å²) in [6, 6.07) is 6.69. The van der Waals surface area contributed by atoms with Gasteiger partial charge in [-0.25, -0.2) is 0 Å². The fourth-order valence-electron chi connectivity index (χ4n) is 4.17. The number of ether oxygens (including phenoxy) is 3. The molecule has 0 spiro atoms. The molecule has 4 unspecified atom stereocenters. The summed E-state index contributed by atoms with van der Waals surface area (Å²) in [5.41, 5.74) is 0.390. The molecule has 1 aromatic carbocycles. The first-order chi connectivity index (χ1) is 16.4. The molecule has 0 bridgehead atoms. The third-order valence-corrected chi connectivity index (χ3v) is 6.78. The number of carbonyl (C=O) groups is 2. The summed E-state index contributed by atoms with van der Waals surface area (Å²) >= 11 is 2.15. The van der Waals surface area contributed by atoms with Crippen LogP contribution in [-0.4, -0.2) is 90.8 Å². The van der Waals surface area contributed by atoms with Gasteiger partial charge in [0.05, 0.1) is 22.3 Å². The number of rotatable bonds is 11. The van der Waals surface area contributed by atoms with Gasteiger partial charge in [-0.3, -0.25) is 9.59 Å². The Hall–Kier alpha value is -1.73. The van der Waals surface area contributed by atoms with Crippen molar-refractivity contribution in [3.8, 4) is 5.75 Å². The van der Waals surface area contributed by atoms with Crippen LogP contribution in [0, 0.1) is 3.57 Å². The summed E-state index contributed by atoms with van der Waals surface area (Å²) in [4.78, 5) is 27.5. The van der Waals surface area contributed by atoms with Crippen molar-refractivity contribution in [3.63, 3.8) is 0 Å². The number of benzene rings is 1. The van der Waals surface area contributed by atoms with Crippen LogP contribution in [0.25, 0.3) is 0 Å². The highest BCUT2D eigenvalue weighted by Crippen LogP contribution is 2.30. The van der Waals surface area contributed by atoms with Gasteiger partial charge in [-0.1, -0.05) is 12.1 Å². The van der Waals surface area contributed by atoms with Gasteiger partial charge in [0.15, 0.2) is 0 Å². The maximum atomic E-state index is 13.1. The molecular weight excluding hydrogens is 555 g/mol. The number of nitrogens with one attached hydrogen (secondary N) is 1. The van der Waals surface area contributed by atoms with Crippen LogP contribution in [0.3, 0.4) is 0 Å². The zero-order chi connectivity index (χ0) is 24.5. The Labute approximate surface area is 213 Å². The maximum Gasteiger partial charge on any atom is 0.249 e. The highest BCUT2D eigenvalue weighted by molar-refractivity contribution is 14.1. The first-order valence-electron chi connectivity index (χ1n) is 11.6. The number of hydrogen-bond acceptors (Lipinski definition) is 7. The van der Waals surface area contributed by atoms with Gasteiger partial charge in [0.25, 0.3) is 0 Å². The molecule has 0 saturated carbocycles. The first kappa shape index (κ1) is 26.9. The van der Waals surface area contributed by atoms with Crippen LogP contribution >= 0.6 is 22.6 Å². The quantitative estimate of drug-likeness (QED) is 0.334. The summed E-state index contributed by atoms with van der Waals surface area (Å²) in [6.45, 7) is 2.93. The Kier molecular flexibility index (Phi) is 10.6. The first-order valence-corrected chi connectivity index (χ1v) is 12.7. The van der Waals surface area contributed by atoms with Crippen molar-refractivity contribution < 1.29 is 34.0 Å². The van der Waals surface area contributed by atoms with Gasteiger partial charge in [-0.2, -0.15) is 0 Å². The Morgan fingerprint density at radius 3 is 2.79 bits per heavy atom. The van der Waals surface area contributed by atoms with Crippen molar-refractivity contribution in [2.45, 2.75) is 50.5 Å². The van der Waals surface area contributed by atoms with Gasteiger partial charge in [-0.15, -0.1) is 0 Å². The van der Waals surface area contributed by atoms with Crippen LogP contribution in [-0.2, 0) is 19.1 Å². The van der Waals surface area contributed by atoms with E-state index in [2.05, 4.69) is 27.9 Å². The number of nitrogens with zero attached hydrogens (tertiary/aromatic N) is 1. The molecule has 2 amide bonds. The highest BCUT2D eigenvalue weighted by Gasteiger charge is 2.41. The number of aliphatic hydroxyl groups excluding tert-OH is 2. The second-order valence-electron chi connectivity index (χ2n) is 8.26. The lowest BCUT2D eigenvalue weighted by Gasteiger charge is -2.41. The summed E-state index contributed by atoms with van der Waals surface area (Å²) in [6.07, 6.45) is 1.43. The van der Waals surface area contributed by atoms with Crippen LogP contribution in [0.15, 0.2) is 35.9 Å². The van der Waals surface area contributed by atoms with E-state index >= 15 is 0 Å². The highest BCUT2D eigenvalue weighted by atomic mass is 127. The number of para-hydroxylation sites is 1. The minimum atomic E-state index is -1.07. The fourth-order valence-corrected chi connectivity index (χ4v) is 4.68. The van der Waals surface area contributed by atoms with Crippen LogP contribution in [0.2, 0.25) is 0 Å². The molecule has 3 N–H and O–H groups in total. The minimum Gasteiger partial charge on any atom is -0.482 e. The van der Waals surface area contributed by atoms with E-state index in [-0.39, 0.29) is 44.1 Å². The number of halogens is 1. The van der Waals surface area contributed by atoms with E-state index in [4.69, 9.17) is 19.3 Å². The number of carbonyl (C=O) groups excluding carboxylic acids is 2. The van der Waals surface area contributed by atoms with Crippen molar-refractivity contribution in [1.82, 2.24) is 10.2 Å². The standard InChI is InChI=1S/C24H33IN2O7/c1-2-32-15-22(29)27(14-17-6-5-11-33-17)19-12-16(24(31)26-9-10-28)13-21(23(19)30)34-20-8-4-3-7-18(20)25/h3-4,7-8,13,17,19,21,23,28,30H,2,5-6,9-12,14-15H2,1H3,(H,26,31). The lowest BCUT2D eigenvalue weighted by molar-refractivity contribution is -0.145. The van der Waals surface area contributed by atoms with E-state index in [1.54, 1.807) is 17.0 Å². The van der Waals surface area contributed by atoms with Gasteiger partial charge in [0, 0.05) is 38.3 Å². The number of amides is 2. The second kappa shape index (κ2) is 13.4. The molecule has 1 aliphatic carbocycles. The monoisotopic (exact) mass is 588 g/mol. The molecule has 9 nitrogen and oxygen atoms in total. The predicted molar refractivity (Wildman–Crippen MR) is 133 cm³/mol. The van der Waals surface area contributed by atoms with Crippen LogP contribution in [0.4, 0.5) is 0 Å². The Bertz CT molecular complexity index is 859. The SMILES string of the molecule is CCOCC(=O)N(CC1CCCO1)C1CC(C(=O)NCCO)=CC(Oc2ccccc2I)C1O. The van der Waals surface area contributed by atoms with Crippen LogP contribution in [0.5, 0.6) is 5.75 Å². The molecule has 1 aliphatic heterocycles. The molecule has 188 valence electrons. The van der Waals surface area contributed by atoms with E-state index in [9.17, 15) is 14.7 Å². The lowest BCUT2D eigenvalue weighted by atomic mass is 9.88. The normalized spacial score (nSPS) is 24.4. The zero-order valence-corrected chi connectivity index (χ0v) is 21.5. The molecule has 1 aromatic rings. The van der Waals surface area contributed by atoms with Crippen LogP contribution in [0.1, 0.15) is 26.2 Å². The van der Waals surface area contributed by atoms with Gasteiger partial charge in [0.2, 0.25) is 11.8 Å². The summed E-state index contributed by atoms with van der Waals surface area (Å²) in [7, 11) is 0. The lowest BCUT2D eigenvalue weighted by Crippen LogP contribution is -2.57. The van der Waals surface area contributed by atoms with E-state index in [1.807, 2.05) is 25.1 Å². The van der Waals surface area contributed by atoms with E-state index in [1.165, 1.54) is 0 Å². The molecule has 1 fully saturated rings. The average molecular weight is 588 g/mol. The van der Waals surface area contributed by atoms with E-state index < -0.39 is 18.2 Å². The third kappa shape index (κ3) is 7.14. The topological polar surface area (TPSA) is 118 Å². The molecule has 1 saturated heterocycles. The number of hydrogen-bond donors (Lipinski definition) is 3. The molecule has 34 heavy (non-hydrogen) atoms. The molecule has 3 rings (SSSR count). The molecule has 1 heterocycles. The zero-order valence-electron chi connectivity index (χ0n) is 19.3. The Balaban J connectivity index is 1.90. The second-order valence-corrected chi connectivity index (χ2v) is 9.43. The predicted octanol–water partition coefficient (Wildman–Crippen LogP) is 1.25. The summed E-state index contributed by atoms with van der Waals surface area (Å²) in [5.74, 6) is -0.0615. The molecule has 10 heteroatoms.